The van der Waals surface area contributed by atoms with Crippen molar-refractivity contribution in [3.63, 3.8) is 0 Å². The summed E-state index contributed by atoms with van der Waals surface area (Å²) in [6.07, 6.45) is 0. The smallest absolute Gasteiger partial charge is 0.221 e. The standard InChI is InChI=1S/C12H12ClN3/c1-7-4-3-5-8(2)11(7)9-6-10(13)16-12(14)15-9/h3-6H,1-2H3,(H2,14,15,16)/i1D3,2D3. The fraction of sp³-hybridized carbons (Fsp3) is 0.167. The Hall–Kier alpha value is -1.61. The van der Waals surface area contributed by atoms with E-state index in [1.165, 1.54) is 24.3 Å². The minimum Gasteiger partial charge on any atom is -0.368 e. The van der Waals surface area contributed by atoms with Crippen LogP contribution in [-0.4, -0.2) is 9.97 Å². The van der Waals surface area contributed by atoms with Crippen molar-refractivity contribution in [2.45, 2.75) is 13.7 Å². The number of benzene rings is 1. The average molecular weight is 240 g/mol. The van der Waals surface area contributed by atoms with Gasteiger partial charge in [-0.1, -0.05) is 29.8 Å². The van der Waals surface area contributed by atoms with E-state index in [2.05, 4.69) is 9.97 Å². The van der Waals surface area contributed by atoms with E-state index in [0.717, 1.165) is 0 Å². The second kappa shape index (κ2) is 4.10. The summed E-state index contributed by atoms with van der Waals surface area (Å²) in [5, 5.41) is -0.000614. The van der Waals surface area contributed by atoms with Crippen molar-refractivity contribution < 1.29 is 8.22 Å². The van der Waals surface area contributed by atoms with Crippen LogP contribution in [0.1, 0.15) is 19.4 Å². The lowest BCUT2D eigenvalue weighted by Crippen LogP contribution is -1.98. The summed E-state index contributed by atoms with van der Waals surface area (Å²) in [5.74, 6) is -0.167. The lowest BCUT2D eigenvalue weighted by Gasteiger charge is -2.09. The van der Waals surface area contributed by atoms with Crippen LogP contribution < -0.4 is 5.73 Å². The number of hydrogen-bond acceptors (Lipinski definition) is 3. The Morgan fingerprint density at radius 3 is 2.50 bits per heavy atom. The zero-order chi connectivity index (χ0) is 16.7. The molecule has 2 N–H and O–H groups in total. The molecule has 0 unspecified atom stereocenters. The molecular weight excluding hydrogens is 222 g/mol. The van der Waals surface area contributed by atoms with E-state index >= 15 is 0 Å². The van der Waals surface area contributed by atoms with Gasteiger partial charge in [-0.05, 0) is 24.8 Å². The minimum atomic E-state index is -2.51. The molecule has 0 spiro atoms. The lowest BCUT2D eigenvalue weighted by molar-refractivity contribution is 1.18. The van der Waals surface area contributed by atoms with Gasteiger partial charge in [0.25, 0.3) is 0 Å². The normalized spacial score (nSPS) is 17.6. The van der Waals surface area contributed by atoms with Gasteiger partial charge in [-0.2, -0.15) is 0 Å². The second-order valence-corrected chi connectivity index (χ2v) is 3.55. The third kappa shape index (κ3) is 1.99. The molecule has 0 aliphatic rings. The van der Waals surface area contributed by atoms with Crippen LogP contribution >= 0.6 is 11.6 Å². The van der Waals surface area contributed by atoms with Crippen LogP contribution in [0.3, 0.4) is 0 Å². The predicted octanol–water partition coefficient (Wildman–Crippen LogP) is 3.00. The van der Waals surface area contributed by atoms with Crippen LogP contribution in [0.15, 0.2) is 24.3 Å². The summed E-state index contributed by atoms with van der Waals surface area (Å²) < 4.78 is 45.7. The lowest BCUT2D eigenvalue weighted by atomic mass is 10.00. The highest BCUT2D eigenvalue weighted by Crippen LogP contribution is 2.27. The zero-order valence-electron chi connectivity index (χ0n) is 14.2. The summed E-state index contributed by atoms with van der Waals surface area (Å²) in [5.41, 5.74) is 5.32. The number of aromatic nitrogens is 2. The fourth-order valence-corrected chi connectivity index (χ4v) is 1.58. The first kappa shape index (κ1) is 5.64. The predicted molar refractivity (Wildman–Crippen MR) is 66.4 cm³/mol. The molecule has 1 heterocycles. The van der Waals surface area contributed by atoms with Gasteiger partial charge in [-0.25, -0.2) is 9.97 Å². The number of rotatable bonds is 1. The van der Waals surface area contributed by atoms with Crippen molar-refractivity contribution in [3.05, 3.63) is 40.5 Å². The van der Waals surface area contributed by atoms with E-state index in [1.54, 1.807) is 0 Å². The Kier molecular flexibility index (Phi) is 1.45. The molecule has 0 aliphatic carbocycles. The maximum atomic E-state index is 7.61. The minimum absolute atomic E-state index is 0.000614. The first-order chi connectivity index (χ1) is 10.00. The van der Waals surface area contributed by atoms with Crippen LogP contribution in [-0.2, 0) is 0 Å². The van der Waals surface area contributed by atoms with Crippen molar-refractivity contribution in [1.82, 2.24) is 9.97 Å². The molecule has 82 valence electrons. The van der Waals surface area contributed by atoms with Gasteiger partial charge in [0.05, 0.1) is 5.69 Å². The number of anilines is 1. The molecule has 0 atom stereocenters. The Morgan fingerprint density at radius 1 is 1.25 bits per heavy atom. The van der Waals surface area contributed by atoms with E-state index in [4.69, 9.17) is 25.6 Å². The molecule has 0 amide bonds. The quantitative estimate of drug-likeness (QED) is 0.779. The molecule has 0 bridgehead atoms. The molecule has 16 heavy (non-hydrogen) atoms. The van der Waals surface area contributed by atoms with Gasteiger partial charge in [0.2, 0.25) is 5.95 Å². The Bertz CT molecular complexity index is 658. The Labute approximate surface area is 108 Å². The first-order valence-corrected chi connectivity index (χ1v) is 4.82. The van der Waals surface area contributed by atoms with Crippen LogP contribution in [0, 0.1) is 13.7 Å². The molecule has 0 fully saturated rings. The third-order valence-electron chi connectivity index (χ3n) is 2.03. The molecule has 2 rings (SSSR count). The maximum absolute atomic E-state index is 7.61. The van der Waals surface area contributed by atoms with E-state index in [0.29, 0.717) is 0 Å². The first-order valence-electron chi connectivity index (χ1n) is 7.44. The zero-order valence-corrected chi connectivity index (χ0v) is 8.92. The van der Waals surface area contributed by atoms with Gasteiger partial charge in [0.15, 0.2) is 0 Å². The number of hydrogen-bond donors (Lipinski definition) is 1. The molecular formula is C12H12ClN3. The maximum Gasteiger partial charge on any atom is 0.221 e. The second-order valence-electron chi connectivity index (χ2n) is 3.16. The summed E-state index contributed by atoms with van der Waals surface area (Å²) in [6, 6.07) is 5.35. The van der Waals surface area contributed by atoms with Crippen LogP contribution in [0.5, 0.6) is 0 Å². The molecule has 0 saturated carbocycles. The molecule has 2 aromatic rings. The molecule has 0 aliphatic heterocycles. The summed E-state index contributed by atoms with van der Waals surface area (Å²) >= 11 is 5.82. The number of nitrogens with two attached hydrogens (primary N) is 1. The number of nitrogens with zero attached hydrogens (tertiary/aromatic N) is 2. The van der Waals surface area contributed by atoms with E-state index < -0.39 is 13.7 Å². The average Bonchev–Trinajstić information content (AvgIpc) is 2.34. The highest BCUT2D eigenvalue weighted by Gasteiger charge is 2.08. The molecule has 0 saturated heterocycles. The summed E-state index contributed by atoms with van der Waals surface area (Å²) in [6.45, 7) is -5.02. The van der Waals surface area contributed by atoms with E-state index in [1.807, 2.05) is 0 Å². The Morgan fingerprint density at radius 2 is 1.94 bits per heavy atom. The van der Waals surface area contributed by atoms with Gasteiger partial charge >= 0.3 is 0 Å². The Balaban J connectivity index is 2.86. The van der Waals surface area contributed by atoms with Gasteiger partial charge in [-0.15, -0.1) is 0 Å². The number of nitrogen functional groups attached to an aromatic ring is 1. The van der Waals surface area contributed by atoms with Crippen LogP contribution in [0.2, 0.25) is 5.15 Å². The number of aryl methyl sites for hydroxylation is 2. The van der Waals surface area contributed by atoms with Gasteiger partial charge in [-0.3, -0.25) is 0 Å². The van der Waals surface area contributed by atoms with E-state index in [-0.39, 0.29) is 33.5 Å². The topological polar surface area (TPSA) is 51.8 Å². The highest BCUT2D eigenvalue weighted by molar-refractivity contribution is 6.29. The molecule has 0 radical (unpaired) electrons. The largest absolute Gasteiger partial charge is 0.368 e. The fourth-order valence-electron chi connectivity index (χ4n) is 1.39. The summed E-state index contributed by atoms with van der Waals surface area (Å²) in [4.78, 5) is 7.63. The van der Waals surface area contributed by atoms with Gasteiger partial charge < -0.3 is 5.73 Å². The number of halogens is 1. The van der Waals surface area contributed by atoms with E-state index in [9.17, 15) is 0 Å². The SMILES string of the molecule is [2H]C([2H])([2H])c1cccc(C([2H])([2H])[2H])c1-c1cc(Cl)nc(N)n1. The molecule has 1 aromatic heterocycles. The van der Waals surface area contributed by atoms with Crippen molar-refractivity contribution in [2.75, 3.05) is 5.73 Å². The monoisotopic (exact) mass is 239 g/mol. The third-order valence-corrected chi connectivity index (χ3v) is 2.23. The molecule has 4 heteroatoms. The van der Waals surface area contributed by atoms with Crippen molar-refractivity contribution in [2.24, 2.45) is 0 Å². The van der Waals surface area contributed by atoms with Crippen LogP contribution in [0.25, 0.3) is 11.3 Å². The summed E-state index contributed by atoms with van der Waals surface area (Å²) in [7, 11) is 0. The van der Waals surface area contributed by atoms with Crippen LogP contribution in [0.4, 0.5) is 5.95 Å². The van der Waals surface area contributed by atoms with Crippen molar-refractivity contribution >= 4 is 17.5 Å². The molecule has 3 nitrogen and oxygen atoms in total. The van der Waals surface area contributed by atoms with Gasteiger partial charge in [0, 0.05) is 19.9 Å². The van der Waals surface area contributed by atoms with Crippen molar-refractivity contribution in [1.29, 1.82) is 0 Å². The highest BCUT2D eigenvalue weighted by atomic mass is 35.5. The van der Waals surface area contributed by atoms with Gasteiger partial charge in [0.1, 0.15) is 5.15 Å². The van der Waals surface area contributed by atoms with Crippen molar-refractivity contribution in [3.8, 4) is 11.3 Å². The molecule has 1 aromatic carbocycles.